The SMILES string of the molecule is O=C(Nc1ccc(C2SC(=Nc3ccc(N4CCOCC4)cc3)N(Cc3ccccn3)C2=O)cc1)[C@@H]1CCCN1C(=O)C1(c2ccccc2)CC1. The molecule has 0 bridgehead atoms. The van der Waals surface area contributed by atoms with Crippen molar-refractivity contribution in [3.63, 3.8) is 0 Å². The summed E-state index contributed by atoms with van der Waals surface area (Å²) in [6.07, 6.45) is 4.78. The van der Waals surface area contributed by atoms with Crippen LogP contribution in [0.15, 0.2) is 108 Å². The highest BCUT2D eigenvalue weighted by Crippen LogP contribution is 2.50. The van der Waals surface area contributed by atoms with Crippen LogP contribution in [0, 0.1) is 0 Å². The number of aliphatic imine (C=N–C) groups is 1. The normalized spacial score (nSPS) is 22.0. The van der Waals surface area contributed by atoms with Gasteiger partial charge in [-0.1, -0.05) is 60.3 Å². The van der Waals surface area contributed by atoms with Crippen molar-refractivity contribution < 1.29 is 19.1 Å². The molecule has 1 aromatic heterocycles. The molecular formula is C40H40N6O4S. The first-order valence-corrected chi connectivity index (χ1v) is 18.5. The van der Waals surface area contributed by atoms with Gasteiger partial charge < -0.3 is 19.9 Å². The van der Waals surface area contributed by atoms with Gasteiger partial charge in [-0.25, -0.2) is 4.99 Å². The van der Waals surface area contributed by atoms with Crippen LogP contribution < -0.4 is 10.2 Å². The van der Waals surface area contributed by atoms with Crippen molar-refractivity contribution in [3.8, 4) is 0 Å². The second-order valence-corrected chi connectivity index (χ2v) is 14.5. The van der Waals surface area contributed by atoms with Gasteiger partial charge in [-0.3, -0.25) is 24.3 Å². The molecule has 0 spiro atoms. The summed E-state index contributed by atoms with van der Waals surface area (Å²) in [5.74, 6) is -0.197. The van der Waals surface area contributed by atoms with Crippen molar-refractivity contribution in [2.75, 3.05) is 43.1 Å². The van der Waals surface area contributed by atoms with Crippen LogP contribution >= 0.6 is 11.8 Å². The number of thioether (sulfide) groups is 1. The Morgan fingerprint density at radius 3 is 2.35 bits per heavy atom. The van der Waals surface area contributed by atoms with E-state index >= 15 is 0 Å². The number of aromatic nitrogens is 1. The van der Waals surface area contributed by atoms with E-state index in [1.807, 2.05) is 84.9 Å². The molecular weight excluding hydrogens is 661 g/mol. The summed E-state index contributed by atoms with van der Waals surface area (Å²) in [6.45, 7) is 4.04. The van der Waals surface area contributed by atoms with Gasteiger partial charge in [0, 0.05) is 37.2 Å². The summed E-state index contributed by atoms with van der Waals surface area (Å²) >= 11 is 1.42. The number of likely N-dealkylation sites (tertiary alicyclic amines) is 1. The van der Waals surface area contributed by atoms with Crippen LogP contribution in [0.1, 0.15) is 47.8 Å². The lowest BCUT2D eigenvalue weighted by atomic mass is 9.94. The Balaban J connectivity index is 0.967. The number of anilines is 2. The van der Waals surface area contributed by atoms with Crippen LogP contribution in [0.3, 0.4) is 0 Å². The molecule has 3 aromatic carbocycles. The van der Waals surface area contributed by atoms with Gasteiger partial charge in [0.1, 0.15) is 11.3 Å². The van der Waals surface area contributed by atoms with Crippen LogP contribution in [0.5, 0.6) is 0 Å². The number of carbonyl (C=O) groups excluding carboxylic acids is 3. The van der Waals surface area contributed by atoms with Crippen molar-refractivity contribution in [3.05, 3.63) is 120 Å². The number of pyridine rings is 1. The Labute approximate surface area is 301 Å². The van der Waals surface area contributed by atoms with Gasteiger partial charge >= 0.3 is 0 Å². The summed E-state index contributed by atoms with van der Waals surface area (Å²) in [6, 6.07) is 30.6. The van der Waals surface area contributed by atoms with Crippen LogP contribution in [-0.4, -0.2) is 76.6 Å². The van der Waals surface area contributed by atoms with Gasteiger partial charge in [-0.15, -0.1) is 0 Å². The third-order valence-electron chi connectivity index (χ3n) is 10.2. The quantitative estimate of drug-likeness (QED) is 0.226. The third kappa shape index (κ3) is 6.88. The van der Waals surface area contributed by atoms with Gasteiger partial charge in [0.25, 0.3) is 0 Å². The van der Waals surface area contributed by atoms with Crippen molar-refractivity contribution in [2.45, 2.75) is 48.9 Å². The molecule has 4 fully saturated rings. The van der Waals surface area contributed by atoms with Gasteiger partial charge in [0.15, 0.2) is 5.17 Å². The molecule has 4 heterocycles. The van der Waals surface area contributed by atoms with Gasteiger partial charge in [0.2, 0.25) is 17.7 Å². The van der Waals surface area contributed by atoms with E-state index in [0.717, 1.165) is 73.8 Å². The fraction of sp³-hybridized carbons (Fsp3) is 0.325. The highest BCUT2D eigenvalue weighted by Gasteiger charge is 2.55. The second kappa shape index (κ2) is 14.3. The second-order valence-electron chi connectivity index (χ2n) is 13.5. The zero-order valence-electron chi connectivity index (χ0n) is 28.3. The van der Waals surface area contributed by atoms with E-state index in [2.05, 4.69) is 27.3 Å². The predicted octanol–water partition coefficient (Wildman–Crippen LogP) is 6.08. The molecule has 51 heavy (non-hydrogen) atoms. The minimum atomic E-state index is -0.507. The fourth-order valence-electron chi connectivity index (χ4n) is 7.25. The first kappa shape index (κ1) is 33.2. The number of carbonyl (C=O) groups is 3. The third-order valence-corrected chi connectivity index (χ3v) is 11.5. The van der Waals surface area contributed by atoms with E-state index in [4.69, 9.17) is 9.73 Å². The molecule has 1 N–H and O–H groups in total. The first-order valence-electron chi connectivity index (χ1n) is 17.7. The largest absolute Gasteiger partial charge is 0.378 e. The lowest BCUT2D eigenvalue weighted by Crippen LogP contribution is -2.47. The maximum absolute atomic E-state index is 14.0. The molecule has 4 aliphatic rings. The number of hydrogen-bond acceptors (Lipinski definition) is 8. The molecule has 3 aliphatic heterocycles. The summed E-state index contributed by atoms with van der Waals surface area (Å²) < 4.78 is 5.49. The van der Waals surface area contributed by atoms with Crippen molar-refractivity contribution in [1.29, 1.82) is 0 Å². The number of ether oxygens (including phenoxy) is 1. The summed E-state index contributed by atoms with van der Waals surface area (Å²) in [7, 11) is 0. The molecule has 11 heteroatoms. The average molecular weight is 701 g/mol. The van der Waals surface area contributed by atoms with E-state index < -0.39 is 16.7 Å². The maximum Gasteiger partial charge on any atom is 0.247 e. The van der Waals surface area contributed by atoms with E-state index in [1.54, 1.807) is 16.0 Å². The van der Waals surface area contributed by atoms with Crippen molar-refractivity contribution in [2.24, 2.45) is 4.99 Å². The maximum atomic E-state index is 14.0. The zero-order valence-corrected chi connectivity index (χ0v) is 29.1. The standard InChI is InChI=1S/C40H40N6O4S/c47-36(34-10-6-22-45(34)38(49)40(19-20-40)29-7-2-1-3-8-29)42-30-13-11-28(12-14-30)35-37(48)46(27-32-9-4-5-21-41-32)39(51-35)43-31-15-17-33(18-16-31)44-23-25-50-26-24-44/h1-5,7-9,11-18,21,34-35H,6,10,19-20,22-27H2,(H,42,47)/t34-,35?/m0/s1. The highest BCUT2D eigenvalue weighted by molar-refractivity contribution is 8.15. The number of hydrogen-bond donors (Lipinski definition) is 1. The number of amidine groups is 1. The van der Waals surface area contributed by atoms with Gasteiger partial charge in [-0.2, -0.15) is 0 Å². The number of nitrogens with one attached hydrogen (secondary N) is 1. The Bertz CT molecular complexity index is 1910. The lowest BCUT2D eigenvalue weighted by Gasteiger charge is -2.28. The fourth-order valence-corrected chi connectivity index (χ4v) is 8.43. The molecule has 2 atom stereocenters. The van der Waals surface area contributed by atoms with Crippen LogP contribution in [-0.2, 0) is 31.1 Å². The average Bonchev–Trinajstić information content (AvgIpc) is 3.75. The molecule has 4 aromatic rings. The molecule has 260 valence electrons. The topological polar surface area (TPSA) is 107 Å². The van der Waals surface area contributed by atoms with Crippen LogP contribution in [0.2, 0.25) is 0 Å². The number of benzene rings is 3. The Morgan fingerprint density at radius 2 is 1.65 bits per heavy atom. The lowest BCUT2D eigenvalue weighted by molar-refractivity contribution is -0.138. The van der Waals surface area contributed by atoms with E-state index in [0.29, 0.717) is 30.4 Å². The van der Waals surface area contributed by atoms with Gasteiger partial charge in [-0.05, 0) is 85.3 Å². The minimum absolute atomic E-state index is 0.0549. The van der Waals surface area contributed by atoms with Crippen molar-refractivity contribution in [1.82, 2.24) is 14.8 Å². The Hall–Kier alpha value is -5.00. The Kier molecular flexibility index (Phi) is 9.31. The van der Waals surface area contributed by atoms with E-state index in [-0.39, 0.29) is 17.7 Å². The monoisotopic (exact) mass is 700 g/mol. The number of rotatable bonds is 9. The van der Waals surface area contributed by atoms with Crippen molar-refractivity contribution >= 4 is 51.7 Å². The number of nitrogens with zero attached hydrogens (tertiary/aromatic N) is 5. The summed E-state index contributed by atoms with van der Waals surface area (Å²) in [4.78, 5) is 56.5. The number of morpholine rings is 1. The first-order chi connectivity index (χ1) is 25.0. The van der Waals surface area contributed by atoms with Crippen LogP contribution in [0.25, 0.3) is 0 Å². The molecule has 1 saturated carbocycles. The minimum Gasteiger partial charge on any atom is -0.378 e. The van der Waals surface area contributed by atoms with E-state index in [1.165, 1.54) is 11.8 Å². The summed E-state index contributed by atoms with van der Waals surface area (Å²) in [5.41, 5.74) is 4.64. The molecule has 3 amide bonds. The smallest absolute Gasteiger partial charge is 0.247 e. The van der Waals surface area contributed by atoms with Crippen LogP contribution in [0.4, 0.5) is 17.1 Å². The molecule has 3 saturated heterocycles. The molecule has 1 aliphatic carbocycles. The molecule has 1 unspecified atom stereocenters. The molecule has 10 nitrogen and oxygen atoms in total. The van der Waals surface area contributed by atoms with E-state index in [9.17, 15) is 14.4 Å². The highest BCUT2D eigenvalue weighted by atomic mass is 32.2. The molecule has 8 rings (SSSR count). The Morgan fingerprint density at radius 1 is 0.902 bits per heavy atom. The zero-order chi connectivity index (χ0) is 34.8. The summed E-state index contributed by atoms with van der Waals surface area (Å²) in [5, 5.41) is 3.16. The van der Waals surface area contributed by atoms with Gasteiger partial charge in [0.05, 0.1) is 36.6 Å². The number of amides is 3. The molecule has 0 radical (unpaired) electrons. The predicted molar refractivity (Wildman–Crippen MR) is 199 cm³/mol.